The molecule has 0 fully saturated rings. The number of hydrogen-bond acceptors (Lipinski definition) is 2. The molecule has 0 atom stereocenters. The van der Waals surface area contributed by atoms with Gasteiger partial charge in [0.05, 0.1) is 3.39 Å². The summed E-state index contributed by atoms with van der Waals surface area (Å²) in [7, 11) is 0. The Morgan fingerprint density at radius 3 is 2.60 bits per heavy atom. The molecule has 1 aromatic rings. The van der Waals surface area contributed by atoms with Gasteiger partial charge in [0.2, 0.25) is 0 Å². The first kappa shape index (κ1) is 10.8. The molecule has 1 aromatic carbocycles. The Labute approximate surface area is 105 Å². The van der Waals surface area contributed by atoms with Gasteiger partial charge in [0, 0.05) is 5.56 Å². The molecule has 78 valence electrons. The van der Waals surface area contributed by atoms with Crippen LogP contribution in [0.4, 0.5) is 0 Å². The van der Waals surface area contributed by atoms with E-state index in [4.69, 9.17) is 9.47 Å². The molecule has 2 rings (SSSR count). The standard InChI is InChI=1S/C11H8Br2O2/c12-10(13)7-8-2-1-3-9(6-8)11-14-4-5-15-11/h1-7,11H. The molecule has 2 nitrogen and oxygen atoms in total. The average Bonchev–Trinajstić information content (AvgIpc) is 2.69. The van der Waals surface area contributed by atoms with E-state index in [1.807, 2.05) is 30.3 Å². The summed E-state index contributed by atoms with van der Waals surface area (Å²) in [6.45, 7) is 0. The van der Waals surface area contributed by atoms with Gasteiger partial charge in [-0.1, -0.05) is 18.2 Å². The van der Waals surface area contributed by atoms with Crippen LogP contribution in [0.1, 0.15) is 17.4 Å². The third kappa shape index (κ3) is 2.86. The van der Waals surface area contributed by atoms with Crippen molar-refractivity contribution in [3.8, 4) is 0 Å². The van der Waals surface area contributed by atoms with Gasteiger partial charge < -0.3 is 9.47 Å². The van der Waals surface area contributed by atoms with Gasteiger partial charge in [-0.15, -0.1) is 0 Å². The molecule has 0 saturated heterocycles. The van der Waals surface area contributed by atoms with Gasteiger partial charge in [-0.05, 0) is 49.6 Å². The van der Waals surface area contributed by atoms with Crippen molar-refractivity contribution in [3.63, 3.8) is 0 Å². The fourth-order valence-corrected chi connectivity index (χ4v) is 1.85. The summed E-state index contributed by atoms with van der Waals surface area (Å²) in [4.78, 5) is 0. The average molecular weight is 332 g/mol. The minimum absolute atomic E-state index is 0.313. The molecule has 0 amide bonds. The molecule has 0 saturated carbocycles. The zero-order chi connectivity index (χ0) is 10.7. The lowest BCUT2D eigenvalue weighted by molar-refractivity contribution is -0.0246. The van der Waals surface area contributed by atoms with E-state index in [1.54, 1.807) is 12.5 Å². The van der Waals surface area contributed by atoms with E-state index in [1.165, 1.54) is 0 Å². The molecule has 0 bridgehead atoms. The Balaban J connectivity index is 2.22. The van der Waals surface area contributed by atoms with Crippen LogP contribution in [-0.4, -0.2) is 0 Å². The highest BCUT2D eigenvalue weighted by Gasteiger charge is 2.14. The predicted molar refractivity (Wildman–Crippen MR) is 66.3 cm³/mol. The first-order chi connectivity index (χ1) is 7.25. The molecule has 0 spiro atoms. The highest BCUT2D eigenvalue weighted by atomic mass is 79.9. The minimum atomic E-state index is -0.313. The van der Waals surface area contributed by atoms with Crippen molar-refractivity contribution in [2.75, 3.05) is 0 Å². The van der Waals surface area contributed by atoms with Crippen LogP contribution in [0, 0.1) is 0 Å². The lowest BCUT2D eigenvalue weighted by Crippen LogP contribution is -1.97. The Bertz CT molecular complexity index is 401. The molecule has 0 aromatic heterocycles. The molecule has 0 radical (unpaired) electrons. The number of ether oxygens (including phenoxy) is 2. The van der Waals surface area contributed by atoms with E-state index in [-0.39, 0.29) is 6.29 Å². The number of rotatable bonds is 2. The van der Waals surface area contributed by atoms with Crippen molar-refractivity contribution in [3.05, 3.63) is 51.3 Å². The highest BCUT2D eigenvalue weighted by Crippen LogP contribution is 2.26. The molecule has 15 heavy (non-hydrogen) atoms. The second-order valence-corrected chi connectivity index (χ2v) is 5.75. The Hall–Kier alpha value is -0.740. The Kier molecular flexibility index (Phi) is 3.49. The highest BCUT2D eigenvalue weighted by molar-refractivity contribution is 9.28. The Morgan fingerprint density at radius 1 is 1.20 bits per heavy atom. The van der Waals surface area contributed by atoms with Gasteiger partial charge in [0.25, 0.3) is 6.29 Å². The lowest BCUT2D eigenvalue weighted by atomic mass is 10.1. The van der Waals surface area contributed by atoms with Gasteiger partial charge in [0.1, 0.15) is 12.5 Å². The summed E-state index contributed by atoms with van der Waals surface area (Å²) in [5.41, 5.74) is 2.07. The third-order valence-corrected chi connectivity index (χ3v) is 2.38. The van der Waals surface area contributed by atoms with E-state index >= 15 is 0 Å². The van der Waals surface area contributed by atoms with Gasteiger partial charge >= 0.3 is 0 Å². The van der Waals surface area contributed by atoms with Crippen molar-refractivity contribution < 1.29 is 9.47 Å². The van der Waals surface area contributed by atoms with Crippen LogP contribution in [-0.2, 0) is 9.47 Å². The summed E-state index contributed by atoms with van der Waals surface area (Å²) in [6, 6.07) is 7.96. The normalized spacial score (nSPS) is 14.5. The Morgan fingerprint density at radius 2 is 1.93 bits per heavy atom. The third-order valence-electron chi connectivity index (χ3n) is 1.92. The molecule has 1 aliphatic heterocycles. The molecular weight excluding hydrogens is 324 g/mol. The van der Waals surface area contributed by atoms with Crippen LogP contribution in [0.5, 0.6) is 0 Å². The summed E-state index contributed by atoms with van der Waals surface area (Å²) in [5.74, 6) is 0. The van der Waals surface area contributed by atoms with E-state index in [2.05, 4.69) is 31.9 Å². The largest absolute Gasteiger partial charge is 0.455 e. The van der Waals surface area contributed by atoms with Crippen LogP contribution in [0.25, 0.3) is 6.08 Å². The first-order valence-corrected chi connectivity index (χ1v) is 5.93. The van der Waals surface area contributed by atoms with Crippen molar-refractivity contribution in [1.29, 1.82) is 0 Å². The van der Waals surface area contributed by atoms with E-state index in [9.17, 15) is 0 Å². The molecular formula is C11H8Br2O2. The fraction of sp³-hybridized carbons (Fsp3) is 0.0909. The van der Waals surface area contributed by atoms with Gasteiger partial charge in [0.15, 0.2) is 0 Å². The molecule has 1 aliphatic rings. The second kappa shape index (κ2) is 4.86. The van der Waals surface area contributed by atoms with Gasteiger partial charge in [-0.2, -0.15) is 0 Å². The summed E-state index contributed by atoms with van der Waals surface area (Å²) in [6.07, 6.45) is 4.75. The van der Waals surface area contributed by atoms with Crippen LogP contribution in [0.2, 0.25) is 0 Å². The quantitative estimate of drug-likeness (QED) is 0.804. The zero-order valence-corrected chi connectivity index (χ0v) is 10.9. The van der Waals surface area contributed by atoms with Gasteiger partial charge in [-0.25, -0.2) is 0 Å². The van der Waals surface area contributed by atoms with Crippen LogP contribution >= 0.6 is 31.9 Å². The van der Waals surface area contributed by atoms with Crippen LogP contribution in [0.3, 0.4) is 0 Å². The molecule has 0 N–H and O–H groups in total. The molecule has 1 heterocycles. The fourth-order valence-electron chi connectivity index (χ4n) is 1.32. The summed E-state index contributed by atoms with van der Waals surface area (Å²) < 4.78 is 11.4. The van der Waals surface area contributed by atoms with E-state index in [0.717, 1.165) is 14.5 Å². The van der Waals surface area contributed by atoms with Crippen molar-refractivity contribution in [2.24, 2.45) is 0 Å². The maximum absolute atomic E-state index is 5.25. The van der Waals surface area contributed by atoms with Crippen molar-refractivity contribution in [1.82, 2.24) is 0 Å². The molecule has 4 heteroatoms. The summed E-state index contributed by atoms with van der Waals surface area (Å²) in [5, 5.41) is 0. The van der Waals surface area contributed by atoms with Crippen molar-refractivity contribution >= 4 is 37.9 Å². The number of hydrogen-bond donors (Lipinski definition) is 0. The van der Waals surface area contributed by atoms with Crippen LogP contribution in [0.15, 0.2) is 40.2 Å². The van der Waals surface area contributed by atoms with E-state index in [0.29, 0.717) is 0 Å². The van der Waals surface area contributed by atoms with Crippen molar-refractivity contribution in [2.45, 2.75) is 6.29 Å². The summed E-state index contributed by atoms with van der Waals surface area (Å²) >= 11 is 6.64. The van der Waals surface area contributed by atoms with Gasteiger partial charge in [-0.3, -0.25) is 0 Å². The zero-order valence-electron chi connectivity index (χ0n) is 7.69. The minimum Gasteiger partial charge on any atom is -0.455 e. The topological polar surface area (TPSA) is 18.5 Å². The monoisotopic (exact) mass is 330 g/mol. The van der Waals surface area contributed by atoms with E-state index < -0.39 is 0 Å². The second-order valence-electron chi connectivity index (χ2n) is 2.98. The molecule has 0 unspecified atom stereocenters. The lowest BCUT2D eigenvalue weighted by Gasteiger charge is -2.10. The van der Waals surface area contributed by atoms with Crippen LogP contribution < -0.4 is 0 Å². The SMILES string of the molecule is BrC(Br)=Cc1cccc(C2OC=CO2)c1. The maximum Gasteiger partial charge on any atom is 0.266 e. The smallest absolute Gasteiger partial charge is 0.266 e. The number of halogens is 2. The number of benzene rings is 1. The maximum atomic E-state index is 5.25. The predicted octanol–water partition coefficient (Wildman–Crippen LogP) is 4.29. The first-order valence-electron chi connectivity index (χ1n) is 4.34. The molecule has 0 aliphatic carbocycles.